The lowest BCUT2D eigenvalue weighted by Gasteiger charge is -2.31. The number of nitrogens with one attached hydrogen (secondary N) is 2. The quantitative estimate of drug-likeness (QED) is 0.687. The summed E-state index contributed by atoms with van der Waals surface area (Å²) in [7, 11) is 0. The van der Waals surface area contributed by atoms with Crippen LogP contribution in [0.5, 0.6) is 0 Å². The van der Waals surface area contributed by atoms with Crippen LogP contribution < -0.4 is 10.6 Å². The Morgan fingerprint density at radius 2 is 2.11 bits per heavy atom. The zero-order valence-corrected chi connectivity index (χ0v) is 11.2. The van der Waals surface area contributed by atoms with Gasteiger partial charge in [-0.2, -0.15) is 0 Å². The van der Waals surface area contributed by atoms with E-state index < -0.39 is 0 Å². The molecule has 4 heteroatoms. The van der Waals surface area contributed by atoms with Gasteiger partial charge in [-0.15, -0.1) is 0 Å². The highest BCUT2D eigenvalue weighted by molar-refractivity contribution is 5.76. The van der Waals surface area contributed by atoms with Gasteiger partial charge < -0.3 is 15.7 Å². The molecule has 104 valence electrons. The molecule has 4 nitrogen and oxygen atoms in total. The van der Waals surface area contributed by atoms with Crippen molar-refractivity contribution in [3.8, 4) is 0 Å². The Balaban J connectivity index is 1.68. The Kier molecular flexibility index (Phi) is 5.45. The van der Waals surface area contributed by atoms with Crippen LogP contribution in [0.1, 0.15) is 44.9 Å². The van der Waals surface area contributed by atoms with Gasteiger partial charge in [0.05, 0.1) is 0 Å². The van der Waals surface area contributed by atoms with Gasteiger partial charge in [0.1, 0.15) is 0 Å². The van der Waals surface area contributed by atoms with Gasteiger partial charge in [-0.1, -0.05) is 12.8 Å². The first-order valence-corrected chi connectivity index (χ1v) is 7.40. The van der Waals surface area contributed by atoms with Crippen molar-refractivity contribution in [1.82, 2.24) is 10.6 Å². The van der Waals surface area contributed by atoms with E-state index in [0.29, 0.717) is 12.3 Å². The first-order chi connectivity index (χ1) is 8.79. The van der Waals surface area contributed by atoms with E-state index in [1.54, 1.807) is 0 Å². The normalized spacial score (nSPS) is 32.4. The predicted octanol–water partition coefficient (Wildman–Crippen LogP) is 1.04. The topological polar surface area (TPSA) is 61.4 Å². The fourth-order valence-electron chi connectivity index (χ4n) is 3.19. The van der Waals surface area contributed by atoms with Crippen LogP contribution in [0.2, 0.25) is 0 Å². The van der Waals surface area contributed by atoms with Crippen molar-refractivity contribution in [2.75, 3.05) is 19.7 Å². The molecule has 2 rings (SSSR count). The lowest BCUT2D eigenvalue weighted by Crippen LogP contribution is -2.43. The van der Waals surface area contributed by atoms with Gasteiger partial charge in [-0.3, -0.25) is 4.79 Å². The number of rotatable bonds is 5. The van der Waals surface area contributed by atoms with Crippen LogP contribution in [0.15, 0.2) is 0 Å². The molecule has 1 aliphatic carbocycles. The molecule has 2 aliphatic rings. The average molecular weight is 254 g/mol. The molecule has 0 aromatic heterocycles. The van der Waals surface area contributed by atoms with Gasteiger partial charge >= 0.3 is 0 Å². The van der Waals surface area contributed by atoms with Crippen molar-refractivity contribution in [2.24, 2.45) is 11.8 Å². The van der Waals surface area contributed by atoms with E-state index in [1.165, 1.54) is 19.3 Å². The minimum absolute atomic E-state index is 0.173. The van der Waals surface area contributed by atoms with Crippen LogP contribution in [0.3, 0.4) is 0 Å². The molecule has 1 aliphatic heterocycles. The van der Waals surface area contributed by atoms with E-state index in [9.17, 15) is 9.90 Å². The van der Waals surface area contributed by atoms with E-state index in [-0.39, 0.29) is 24.5 Å². The Bertz CT molecular complexity index is 265. The second-order valence-corrected chi connectivity index (χ2v) is 5.80. The maximum atomic E-state index is 11.9. The van der Waals surface area contributed by atoms with E-state index in [0.717, 1.165) is 32.4 Å². The lowest BCUT2D eigenvalue weighted by atomic mass is 9.85. The van der Waals surface area contributed by atoms with E-state index in [1.807, 2.05) is 0 Å². The van der Waals surface area contributed by atoms with E-state index >= 15 is 0 Å². The van der Waals surface area contributed by atoms with E-state index in [4.69, 9.17) is 0 Å². The van der Waals surface area contributed by atoms with Gasteiger partial charge in [0.25, 0.3) is 0 Å². The third-order valence-corrected chi connectivity index (χ3v) is 4.43. The second kappa shape index (κ2) is 7.10. The molecule has 0 aromatic carbocycles. The van der Waals surface area contributed by atoms with Crippen LogP contribution in [0.25, 0.3) is 0 Å². The number of aliphatic hydroxyl groups is 1. The molecule has 1 heterocycles. The molecule has 0 radical (unpaired) electrons. The summed E-state index contributed by atoms with van der Waals surface area (Å²) in [6.45, 7) is 2.37. The Morgan fingerprint density at radius 1 is 1.28 bits per heavy atom. The van der Waals surface area contributed by atoms with Gasteiger partial charge in [0, 0.05) is 25.0 Å². The molecule has 0 bridgehead atoms. The summed E-state index contributed by atoms with van der Waals surface area (Å²) in [6, 6.07) is 0.206. The maximum absolute atomic E-state index is 11.9. The fraction of sp³-hybridized carbons (Fsp3) is 0.929. The third kappa shape index (κ3) is 3.95. The van der Waals surface area contributed by atoms with Crippen LogP contribution in [0, 0.1) is 11.8 Å². The Hall–Kier alpha value is -0.610. The minimum Gasteiger partial charge on any atom is -0.396 e. The van der Waals surface area contributed by atoms with Crippen molar-refractivity contribution in [3.05, 3.63) is 0 Å². The molecule has 1 saturated heterocycles. The average Bonchev–Trinajstić information content (AvgIpc) is 2.90. The SMILES string of the molecule is O=C(CCC1CCNC1)NC1CCCCC1CO. The summed E-state index contributed by atoms with van der Waals surface area (Å²) < 4.78 is 0. The molecule has 2 fully saturated rings. The van der Waals surface area contributed by atoms with Crippen LogP contribution in [0.4, 0.5) is 0 Å². The fourth-order valence-corrected chi connectivity index (χ4v) is 3.19. The smallest absolute Gasteiger partial charge is 0.220 e. The minimum atomic E-state index is 0.173. The number of carbonyl (C=O) groups is 1. The molecule has 1 amide bonds. The summed E-state index contributed by atoms with van der Waals surface area (Å²) >= 11 is 0. The molecule has 3 atom stereocenters. The number of carbonyl (C=O) groups excluding carboxylic acids is 1. The molecule has 1 saturated carbocycles. The predicted molar refractivity (Wildman–Crippen MR) is 71.2 cm³/mol. The highest BCUT2D eigenvalue weighted by atomic mass is 16.3. The molecule has 0 spiro atoms. The monoisotopic (exact) mass is 254 g/mol. The van der Waals surface area contributed by atoms with Gasteiger partial charge in [0.2, 0.25) is 5.91 Å². The first-order valence-electron chi connectivity index (χ1n) is 7.40. The Labute approximate surface area is 110 Å². The third-order valence-electron chi connectivity index (χ3n) is 4.43. The molecule has 3 unspecified atom stereocenters. The molecular weight excluding hydrogens is 228 g/mol. The second-order valence-electron chi connectivity index (χ2n) is 5.80. The number of aliphatic hydroxyl groups excluding tert-OH is 1. The van der Waals surface area contributed by atoms with Crippen molar-refractivity contribution in [2.45, 2.75) is 51.0 Å². The number of amides is 1. The summed E-state index contributed by atoms with van der Waals surface area (Å²) in [5.74, 6) is 1.12. The lowest BCUT2D eigenvalue weighted by molar-refractivity contribution is -0.122. The van der Waals surface area contributed by atoms with Crippen LogP contribution >= 0.6 is 0 Å². The summed E-state index contributed by atoms with van der Waals surface area (Å²) in [5, 5.41) is 15.8. The summed E-state index contributed by atoms with van der Waals surface area (Å²) in [4.78, 5) is 11.9. The molecule has 0 aromatic rings. The van der Waals surface area contributed by atoms with E-state index in [2.05, 4.69) is 10.6 Å². The molecule has 3 N–H and O–H groups in total. The molecular formula is C14H26N2O2. The van der Waals surface area contributed by atoms with Crippen molar-refractivity contribution < 1.29 is 9.90 Å². The standard InChI is InChI=1S/C14H26N2O2/c17-10-12-3-1-2-4-13(12)16-14(18)6-5-11-7-8-15-9-11/h11-13,15,17H,1-10H2,(H,16,18). The zero-order chi connectivity index (χ0) is 12.8. The van der Waals surface area contributed by atoms with Gasteiger partial charge in [-0.05, 0) is 44.7 Å². The largest absolute Gasteiger partial charge is 0.396 e. The summed E-state index contributed by atoms with van der Waals surface area (Å²) in [6.07, 6.45) is 7.28. The van der Waals surface area contributed by atoms with Crippen molar-refractivity contribution in [1.29, 1.82) is 0 Å². The van der Waals surface area contributed by atoms with Crippen molar-refractivity contribution in [3.63, 3.8) is 0 Å². The highest BCUT2D eigenvalue weighted by Crippen LogP contribution is 2.24. The van der Waals surface area contributed by atoms with Gasteiger partial charge in [0.15, 0.2) is 0 Å². The van der Waals surface area contributed by atoms with Gasteiger partial charge in [-0.25, -0.2) is 0 Å². The number of hydrogen-bond donors (Lipinski definition) is 3. The van der Waals surface area contributed by atoms with Crippen LogP contribution in [-0.4, -0.2) is 36.8 Å². The zero-order valence-electron chi connectivity index (χ0n) is 11.2. The van der Waals surface area contributed by atoms with Crippen molar-refractivity contribution >= 4 is 5.91 Å². The summed E-state index contributed by atoms with van der Waals surface area (Å²) in [5.41, 5.74) is 0. The molecule has 18 heavy (non-hydrogen) atoms. The number of hydrogen-bond acceptors (Lipinski definition) is 3. The highest BCUT2D eigenvalue weighted by Gasteiger charge is 2.26. The van der Waals surface area contributed by atoms with Crippen LogP contribution in [-0.2, 0) is 4.79 Å². The first kappa shape index (κ1) is 13.8. The Morgan fingerprint density at radius 3 is 2.83 bits per heavy atom. The maximum Gasteiger partial charge on any atom is 0.220 e.